The number of carbonyl (C=O) groups excluding carboxylic acids is 1. The van der Waals surface area contributed by atoms with E-state index in [0.717, 1.165) is 0 Å². The number of nitrogens with one attached hydrogen (secondary N) is 1. The first-order valence-corrected chi connectivity index (χ1v) is 7.44. The molecule has 1 rings (SSSR count). The number of carboxylic acids is 1. The van der Waals surface area contributed by atoms with E-state index < -0.39 is 29.1 Å². The monoisotopic (exact) mass is 303 g/mol. The first-order chi connectivity index (χ1) is 9.64. The molecule has 1 fully saturated rings. The van der Waals surface area contributed by atoms with E-state index in [9.17, 15) is 14.7 Å². The minimum absolute atomic E-state index is 0.510. The van der Waals surface area contributed by atoms with Gasteiger partial charge < -0.3 is 19.9 Å². The molecule has 1 aliphatic heterocycles. The van der Waals surface area contributed by atoms with Crippen molar-refractivity contribution in [1.29, 1.82) is 0 Å². The maximum Gasteiger partial charge on any atom is 0.408 e. The zero-order valence-electron chi connectivity index (χ0n) is 14.0. The molecule has 1 atom stereocenters. The van der Waals surface area contributed by atoms with E-state index in [1.54, 1.807) is 20.8 Å². The summed E-state index contributed by atoms with van der Waals surface area (Å²) in [5, 5.41) is 11.8. The van der Waals surface area contributed by atoms with Gasteiger partial charge in [-0.1, -0.05) is 20.8 Å². The van der Waals surface area contributed by atoms with Crippen molar-refractivity contribution in [3.05, 3.63) is 0 Å². The van der Waals surface area contributed by atoms with Crippen molar-refractivity contribution in [1.82, 2.24) is 5.32 Å². The van der Waals surface area contributed by atoms with E-state index in [0.29, 0.717) is 26.1 Å². The second-order valence-corrected chi connectivity index (χ2v) is 6.18. The first kappa shape index (κ1) is 19.7. The van der Waals surface area contributed by atoms with Crippen molar-refractivity contribution < 1.29 is 24.2 Å². The van der Waals surface area contributed by atoms with E-state index in [4.69, 9.17) is 9.47 Å². The summed E-state index contributed by atoms with van der Waals surface area (Å²) in [7, 11) is 0. The molecule has 0 saturated carbocycles. The number of alkyl carbamates (subject to hydrolysis) is 1. The highest BCUT2D eigenvalue weighted by Crippen LogP contribution is 2.33. The van der Waals surface area contributed by atoms with Crippen molar-refractivity contribution in [2.24, 2.45) is 5.41 Å². The Labute approximate surface area is 127 Å². The quantitative estimate of drug-likeness (QED) is 0.837. The van der Waals surface area contributed by atoms with Gasteiger partial charge in [0.2, 0.25) is 0 Å². The van der Waals surface area contributed by atoms with E-state index >= 15 is 0 Å². The van der Waals surface area contributed by atoms with Gasteiger partial charge in [0.05, 0.1) is 0 Å². The van der Waals surface area contributed by atoms with Crippen LogP contribution >= 0.6 is 0 Å². The molecule has 0 bridgehead atoms. The van der Waals surface area contributed by atoms with Crippen LogP contribution in [0.3, 0.4) is 0 Å². The minimum Gasteiger partial charge on any atom is -0.480 e. The van der Waals surface area contributed by atoms with Crippen LogP contribution in [-0.2, 0) is 14.3 Å². The molecule has 0 radical (unpaired) electrons. The molecular formula is C15H29NO5. The maximum absolute atomic E-state index is 11.7. The summed E-state index contributed by atoms with van der Waals surface area (Å²) >= 11 is 0. The van der Waals surface area contributed by atoms with Gasteiger partial charge in [0.15, 0.2) is 0 Å². The largest absolute Gasteiger partial charge is 0.480 e. The third-order valence-corrected chi connectivity index (χ3v) is 3.24. The van der Waals surface area contributed by atoms with E-state index in [-0.39, 0.29) is 0 Å². The van der Waals surface area contributed by atoms with Gasteiger partial charge in [-0.15, -0.1) is 0 Å². The number of ether oxygens (including phenoxy) is 2. The van der Waals surface area contributed by atoms with Crippen LogP contribution in [0.15, 0.2) is 0 Å². The smallest absolute Gasteiger partial charge is 0.408 e. The van der Waals surface area contributed by atoms with Crippen LogP contribution in [0.2, 0.25) is 0 Å². The lowest BCUT2D eigenvalue weighted by atomic mass is 9.75. The molecule has 124 valence electrons. The Bertz CT molecular complexity index is 342. The van der Waals surface area contributed by atoms with E-state index in [1.807, 2.05) is 20.8 Å². The second kappa shape index (κ2) is 8.22. The van der Waals surface area contributed by atoms with Gasteiger partial charge in [0, 0.05) is 18.6 Å². The predicted molar refractivity (Wildman–Crippen MR) is 80.3 cm³/mol. The van der Waals surface area contributed by atoms with Crippen molar-refractivity contribution in [3.8, 4) is 0 Å². The summed E-state index contributed by atoms with van der Waals surface area (Å²) in [5.41, 5.74) is -1.16. The average molecular weight is 303 g/mol. The zero-order chi connectivity index (χ0) is 16.7. The van der Waals surface area contributed by atoms with Crippen LogP contribution in [-0.4, -0.2) is 42.0 Å². The molecule has 0 aromatic carbocycles. The van der Waals surface area contributed by atoms with Crippen LogP contribution in [0.4, 0.5) is 4.79 Å². The lowest BCUT2D eigenvalue weighted by Crippen LogP contribution is -2.54. The number of carbonyl (C=O) groups is 2. The molecule has 1 heterocycles. The number of rotatable bonds is 3. The molecule has 0 aromatic heterocycles. The highest BCUT2D eigenvalue weighted by atomic mass is 16.6. The summed E-state index contributed by atoms with van der Waals surface area (Å²) in [6.07, 6.45) is 0.493. The van der Waals surface area contributed by atoms with E-state index in [2.05, 4.69) is 5.32 Å². The minimum atomic E-state index is -1.05. The van der Waals surface area contributed by atoms with Crippen LogP contribution in [0.5, 0.6) is 0 Å². The Kier molecular flexibility index (Phi) is 7.71. The summed E-state index contributed by atoms with van der Waals surface area (Å²) in [6, 6.07) is -0.966. The molecule has 1 saturated heterocycles. The predicted octanol–water partition coefficient (Wildman–Crippen LogP) is 2.81. The topological polar surface area (TPSA) is 84.9 Å². The molecule has 0 aliphatic carbocycles. The van der Waals surface area contributed by atoms with Gasteiger partial charge in [-0.3, -0.25) is 0 Å². The van der Waals surface area contributed by atoms with Gasteiger partial charge >= 0.3 is 12.1 Å². The molecule has 21 heavy (non-hydrogen) atoms. The van der Waals surface area contributed by atoms with Crippen LogP contribution in [0.1, 0.15) is 54.4 Å². The van der Waals surface area contributed by atoms with Crippen LogP contribution in [0.25, 0.3) is 0 Å². The highest BCUT2D eigenvalue weighted by molar-refractivity contribution is 5.81. The Morgan fingerprint density at radius 2 is 1.71 bits per heavy atom. The number of carboxylic acid groups (broad SMARTS) is 1. The standard InChI is InChI=1S/C13H23NO5.C2H6/c1-12(2,3)19-11(17)14-9(10(15)16)13(4)5-7-18-8-6-13;1-2/h9H,5-8H2,1-4H3,(H,14,17)(H,15,16);1-2H3. The SMILES string of the molecule is CC.CC(C)(C)OC(=O)NC(C(=O)O)C1(C)CCOCC1. The highest BCUT2D eigenvalue weighted by Gasteiger charge is 2.42. The molecule has 2 N–H and O–H groups in total. The fourth-order valence-electron chi connectivity index (χ4n) is 2.09. The van der Waals surface area contributed by atoms with Crippen LogP contribution in [0, 0.1) is 5.41 Å². The molecule has 1 unspecified atom stereocenters. The molecule has 0 spiro atoms. The van der Waals surface area contributed by atoms with Crippen molar-refractivity contribution in [2.75, 3.05) is 13.2 Å². The van der Waals surface area contributed by atoms with E-state index in [1.165, 1.54) is 0 Å². The Morgan fingerprint density at radius 3 is 2.10 bits per heavy atom. The molecule has 6 heteroatoms. The summed E-state index contributed by atoms with van der Waals surface area (Å²) in [6.45, 7) is 12.1. The van der Waals surface area contributed by atoms with Crippen molar-refractivity contribution >= 4 is 12.1 Å². The third-order valence-electron chi connectivity index (χ3n) is 3.24. The van der Waals surface area contributed by atoms with Crippen molar-refractivity contribution in [3.63, 3.8) is 0 Å². The maximum atomic E-state index is 11.7. The molecule has 1 aliphatic rings. The Hall–Kier alpha value is -1.30. The van der Waals surface area contributed by atoms with Gasteiger partial charge in [-0.05, 0) is 33.6 Å². The molecule has 0 aromatic rings. The Balaban J connectivity index is 0.00000191. The first-order valence-electron chi connectivity index (χ1n) is 7.44. The van der Waals surface area contributed by atoms with Crippen molar-refractivity contribution in [2.45, 2.75) is 66.0 Å². The Morgan fingerprint density at radius 1 is 1.24 bits per heavy atom. The number of aliphatic carboxylic acids is 1. The van der Waals surface area contributed by atoms with Gasteiger partial charge in [-0.2, -0.15) is 0 Å². The molecule has 6 nitrogen and oxygen atoms in total. The summed E-state index contributed by atoms with van der Waals surface area (Å²) < 4.78 is 10.4. The van der Waals surface area contributed by atoms with Gasteiger partial charge in [-0.25, -0.2) is 9.59 Å². The fourth-order valence-corrected chi connectivity index (χ4v) is 2.09. The lowest BCUT2D eigenvalue weighted by Gasteiger charge is -2.38. The summed E-state index contributed by atoms with van der Waals surface area (Å²) in [4.78, 5) is 23.1. The average Bonchev–Trinajstić information content (AvgIpc) is 2.37. The number of hydrogen-bond donors (Lipinski definition) is 2. The van der Waals surface area contributed by atoms with Gasteiger partial charge in [0.1, 0.15) is 11.6 Å². The molecule has 1 amide bonds. The number of hydrogen-bond acceptors (Lipinski definition) is 4. The fraction of sp³-hybridized carbons (Fsp3) is 0.867. The molecular weight excluding hydrogens is 274 g/mol. The van der Waals surface area contributed by atoms with Crippen LogP contribution < -0.4 is 5.32 Å². The number of amides is 1. The lowest BCUT2D eigenvalue weighted by molar-refractivity contribution is -0.145. The van der Waals surface area contributed by atoms with Gasteiger partial charge in [0.25, 0.3) is 0 Å². The zero-order valence-corrected chi connectivity index (χ0v) is 14.0. The second-order valence-electron chi connectivity index (χ2n) is 6.18. The third kappa shape index (κ3) is 6.80. The summed E-state index contributed by atoms with van der Waals surface area (Å²) in [5.74, 6) is -1.05. The normalized spacial score (nSPS) is 18.8.